The number of pyridine rings is 1. The second kappa shape index (κ2) is 5.27. The average Bonchev–Trinajstić information content (AvgIpc) is 2.59. The second-order valence-electron chi connectivity index (χ2n) is 4.82. The van der Waals surface area contributed by atoms with Gasteiger partial charge in [-0.2, -0.15) is 0 Å². The predicted molar refractivity (Wildman–Crippen MR) is 66.3 cm³/mol. The van der Waals surface area contributed by atoms with Gasteiger partial charge < -0.3 is 10.2 Å². The fraction of sp³-hybridized carbons (Fsp3) is 0.538. The molecule has 2 heterocycles. The SMILES string of the molecule is CC(C)NC1CC(=O)N(Cc2ccccn2)C1. The van der Waals surface area contributed by atoms with E-state index in [1.54, 1.807) is 6.20 Å². The minimum atomic E-state index is 0.216. The van der Waals surface area contributed by atoms with Gasteiger partial charge in [0.1, 0.15) is 0 Å². The quantitative estimate of drug-likeness (QED) is 0.849. The summed E-state index contributed by atoms with van der Waals surface area (Å²) in [5.74, 6) is 0.216. The summed E-state index contributed by atoms with van der Waals surface area (Å²) in [7, 11) is 0. The van der Waals surface area contributed by atoms with E-state index in [2.05, 4.69) is 24.1 Å². The molecule has 1 saturated heterocycles. The Balaban J connectivity index is 1.92. The normalized spacial score (nSPS) is 20.3. The van der Waals surface area contributed by atoms with Crippen LogP contribution in [0.4, 0.5) is 0 Å². The molecule has 1 aromatic heterocycles. The summed E-state index contributed by atoms with van der Waals surface area (Å²) < 4.78 is 0. The largest absolute Gasteiger partial charge is 0.335 e. The topological polar surface area (TPSA) is 45.2 Å². The fourth-order valence-corrected chi connectivity index (χ4v) is 2.20. The third-order valence-corrected chi connectivity index (χ3v) is 2.86. The van der Waals surface area contributed by atoms with Crippen LogP contribution in [0, 0.1) is 0 Å². The zero-order chi connectivity index (χ0) is 12.3. The Kier molecular flexibility index (Phi) is 3.74. The van der Waals surface area contributed by atoms with E-state index in [4.69, 9.17) is 0 Å². The highest BCUT2D eigenvalue weighted by molar-refractivity contribution is 5.79. The van der Waals surface area contributed by atoms with Crippen molar-refractivity contribution in [2.75, 3.05) is 6.54 Å². The lowest BCUT2D eigenvalue weighted by Crippen LogP contribution is -2.36. The molecule has 92 valence electrons. The number of aromatic nitrogens is 1. The number of likely N-dealkylation sites (tertiary alicyclic amines) is 1. The maximum Gasteiger partial charge on any atom is 0.224 e. The van der Waals surface area contributed by atoms with E-state index in [-0.39, 0.29) is 11.9 Å². The molecule has 0 saturated carbocycles. The highest BCUT2D eigenvalue weighted by Gasteiger charge is 2.29. The van der Waals surface area contributed by atoms with Gasteiger partial charge in [0, 0.05) is 31.2 Å². The van der Waals surface area contributed by atoms with Crippen LogP contribution in [0.25, 0.3) is 0 Å². The second-order valence-corrected chi connectivity index (χ2v) is 4.82. The van der Waals surface area contributed by atoms with E-state index < -0.39 is 0 Å². The zero-order valence-electron chi connectivity index (χ0n) is 10.4. The molecule has 1 amide bonds. The van der Waals surface area contributed by atoms with Crippen LogP contribution in [0.1, 0.15) is 26.0 Å². The number of nitrogens with one attached hydrogen (secondary N) is 1. The van der Waals surface area contributed by atoms with Gasteiger partial charge in [-0.25, -0.2) is 0 Å². The maximum atomic E-state index is 11.8. The molecule has 0 radical (unpaired) electrons. The fourth-order valence-electron chi connectivity index (χ4n) is 2.20. The minimum Gasteiger partial charge on any atom is -0.335 e. The van der Waals surface area contributed by atoms with Crippen molar-refractivity contribution in [3.63, 3.8) is 0 Å². The molecule has 1 unspecified atom stereocenters. The summed E-state index contributed by atoms with van der Waals surface area (Å²) in [5, 5.41) is 3.40. The molecule has 1 fully saturated rings. The van der Waals surface area contributed by atoms with Gasteiger partial charge in [0.25, 0.3) is 0 Å². The third-order valence-electron chi connectivity index (χ3n) is 2.86. The first-order valence-electron chi connectivity index (χ1n) is 6.09. The lowest BCUT2D eigenvalue weighted by molar-refractivity contribution is -0.128. The first kappa shape index (κ1) is 12.0. The molecule has 2 rings (SSSR count). The Labute approximate surface area is 102 Å². The van der Waals surface area contributed by atoms with Crippen molar-refractivity contribution in [3.05, 3.63) is 30.1 Å². The Morgan fingerprint density at radius 2 is 2.35 bits per heavy atom. The molecule has 1 N–H and O–H groups in total. The lowest BCUT2D eigenvalue weighted by Gasteiger charge is -2.18. The Bertz CT molecular complexity index is 378. The summed E-state index contributed by atoms with van der Waals surface area (Å²) >= 11 is 0. The van der Waals surface area contributed by atoms with Crippen LogP contribution in [0.3, 0.4) is 0 Å². The van der Waals surface area contributed by atoms with Crippen LogP contribution in [-0.4, -0.2) is 34.4 Å². The van der Waals surface area contributed by atoms with E-state index >= 15 is 0 Å². The Hall–Kier alpha value is -1.42. The van der Waals surface area contributed by atoms with Crippen LogP contribution in [-0.2, 0) is 11.3 Å². The van der Waals surface area contributed by atoms with Gasteiger partial charge in [-0.3, -0.25) is 9.78 Å². The Morgan fingerprint density at radius 3 is 3.00 bits per heavy atom. The molecule has 0 aliphatic carbocycles. The molecule has 1 atom stereocenters. The molecule has 1 aliphatic heterocycles. The van der Waals surface area contributed by atoms with Gasteiger partial charge in [-0.05, 0) is 12.1 Å². The van der Waals surface area contributed by atoms with Crippen molar-refractivity contribution in [1.82, 2.24) is 15.2 Å². The summed E-state index contributed by atoms with van der Waals surface area (Å²) in [6, 6.07) is 6.50. The highest BCUT2D eigenvalue weighted by Crippen LogP contribution is 2.14. The molecule has 1 aliphatic rings. The van der Waals surface area contributed by atoms with E-state index in [0.29, 0.717) is 19.0 Å². The molecule has 17 heavy (non-hydrogen) atoms. The van der Waals surface area contributed by atoms with Gasteiger partial charge in [-0.1, -0.05) is 19.9 Å². The van der Waals surface area contributed by atoms with Gasteiger partial charge in [0.2, 0.25) is 5.91 Å². The van der Waals surface area contributed by atoms with E-state index in [0.717, 1.165) is 12.2 Å². The van der Waals surface area contributed by atoms with Crippen molar-refractivity contribution in [1.29, 1.82) is 0 Å². The first-order valence-corrected chi connectivity index (χ1v) is 6.09. The molecular formula is C13H19N3O. The molecule has 0 bridgehead atoms. The van der Waals surface area contributed by atoms with Crippen molar-refractivity contribution >= 4 is 5.91 Å². The van der Waals surface area contributed by atoms with Gasteiger partial charge in [-0.15, -0.1) is 0 Å². The monoisotopic (exact) mass is 233 g/mol. The first-order chi connectivity index (χ1) is 8.15. The van der Waals surface area contributed by atoms with Crippen molar-refractivity contribution in [2.24, 2.45) is 0 Å². The number of nitrogens with zero attached hydrogens (tertiary/aromatic N) is 2. The highest BCUT2D eigenvalue weighted by atomic mass is 16.2. The summed E-state index contributed by atoms with van der Waals surface area (Å²) in [6.07, 6.45) is 2.37. The number of amides is 1. The van der Waals surface area contributed by atoms with Crippen LogP contribution < -0.4 is 5.32 Å². The summed E-state index contributed by atoms with van der Waals surface area (Å²) in [6.45, 7) is 5.61. The number of hydrogen-bond donors (Lipinski definition) is 1. The van der Waals surface area contributed by atoms with E-state index in [1.165, 1.54) is 0 Å². The molecule has 4 nitrogen and oxygen atoms in total. The van der Waals surface area contributed by atoms with Crippen LogP contribution >= 0.6 is 0 Å². The number of carbonyl (C=O) groups is 1. The molecule has 0 spiro atoms. The lowest BCUT2D eigenvalue weighted by atomic mass is 10.2. The number of carbonyl (C=O) groups excluding carboxylic acids is 1. The molecular weight excluding hydrogens is 214 g/mol. The van der Waals surface area contributed by atoms with Gasteiger partial charge in [0.15, 0.2) is 0 Å². The average molecular weight is 233 g/mol. The predicted octanol–water partition coefficient (Wildman–Crippen LogP) is 1.18. The summed E-state index contributed by atoms with van der Waals surface area (Å²) in [4.78, 5) is 18.0. The zero-order valence-corrected chi connectivity index (χ0v) is 10.4. The van der Waals surface area contributed by atoms with Crippen molar-refractivity contribution in [3.8, 4) is 0 Å². The number of rotatable bonds is 4. The van der Waals surface area contributed by atoms with Crippen LogP contribution in [0.2, 0.25) is 0 Å². The maximum absolute atomic E-state index is 11.8. The van der Waals surface area contributed by atoms with Crippen LogP contribution in [0.5, 0.6) is 0 Å². The van der Waals surface area contributed by atoms with Gasteiger partial charge in [0.05, 0.1) is 12.2 Å². The summed E-state index contributed by atoms with van der Waals surface area (Å²) in [5.41, 5.74) is 0.950. The molecule has 0 aromatic carbocycles. The minimum absolute atomic E-state index is 0.216. The van der Waals surface area contributed by atoms with Crippen molar-refractivity contribution in [2.45, 2.75) is 38.9 Å². The molecule has 1 aromatic rings. The third kappa shape index (κ3) is 3.27. The van der Waals surface area contributed by atoms with E-state index in [1.807, 2.05) is 23.1 Å². The standard InChI is InChI=1S/C13H19N3O/c1-10(2)15-12-7-13(17)16(9-12)8-11-5-3-4-6-14-11/h3-6,10,12,15H,7-9H2,1-2H3. The Morgan fingerprint density at radius 1 is 1.53 bits per heavy atom. The van der Waals surface area contributed by atoms with E-state index in [9.17, 15) is 4.79 Å². The van der Waals surface area contributed by atoms with Gasteiger partial charge >= 0.3 is 0 Å². The smallest absolute Gasteiger partial charge is 0.224 e. The number of hydrogen-bond acceptors (Lipinski definition) is 3. The van der Waals surface area contributed by atoms with Crippen molar-refractivity contribution < 1.29 is 4.79 Å². The van der Waals surface area contributed by atoms with Crippen LogP contribution in [0.15, 0.2) is 24.4 Å². The molecule has 4 heteroatoms.